The van der Waals surface area contributed by atoms with Gasteiger partial charge in [-0.2, -0.15) is 0 Å². The number of rotatable bonds is 6. The molecule has 1 saturated heterocycles. The number of carboxylic acid groups (broad SMARTS) is 1. The zero-order chi connectivity index (χ0) is 24.1. The van der Waals surface area contributed by atoms with E-state index in [-0.39, 0.29) is 18.4 Å². The Morgan fingerprint density at radius 1 is 1.09 bits per heavy atom. The molecular formula is C27H28N2O5. The molecule has 2 amide bonds. The molecule has 7 nitrogen and oxygen atoms in total. The van der Waals surface area contributed by atoms with Crippen LogP contribution in [0.2, 0.25) is 0 Å². The van der Waals surface area contributed by atoms with Gasteiger partial charge in [0.15, 0.2) is 0 Å². The van der Waals surface area contributed by atoms with Crippen molar-refractivity contribution in [2.75, 3.05) is 19.7 Å². The van der Waals surface area contributed by atoms with Crippen molar-refractivity contribution < 1.29 is 24.2 Å². The monoisotopic (exact) mass is 460 g/mol. The van der Waals surface area contributed by atoms with E-state index in [1.54, 1.807) is 4.90 Å². The van der Waals surface area contributed by atoms with Crippen molar-refractivity contribution in [2.24, 2.45) is 5.92 Å². The van der Waals surface area contributed by atoms with E-state index in [0.29, 0.717) is 13.1 Å². The van der Waals surface area contributed by atoms with Crippen molar-refractivity contribution in [2.45, 2.75) is 37.6 Å². The zero-order valence-corrected chi connectivity index (χ0v) is 18.9. The molecule has 1 heterocycles. The van der Waals surface area contributed by atoms with Crippen LogP contribution in [-0.4, -0.2) is 53.7 Å². The minimum Gasteiger partial charge on any atom is -0.481 e. The van der Waals surface area contributed by atoms with Crippen LogP contribution in [-0.2, 0) is 14.3 Å². The number of carbonyl (C=O) groups is 3. The molecule has 0 bridgehead atoms. The zero-order valence-electron chi connectivity index (χ0n) is 18.9. The second kappa shape index (κ2) is 10.4. The van der Waals surface area contributed by atoms with Gasteiger partial charge in [0.25, 0.3) is 0 Å². The third kappa shape index (κ3) is 5.07. The Labute approximate surface area is 199 Å². The summed E-state index contributed by atoms with van der Waals surface area (Å²) >= 11 is 0. The van der Waals surface area contributed by atoms with Gasteiger partial charge in [0.05, 0.1) is 6.42 Å². The number of ether oxygens (including phenoxy) is 1. The highest BCUT2D eigenvalue weighted by molar-refractivity contribution is 5.89. The average Bonchev–Trinajstić information content (AvgIpc) is 2.97. The van der Waals surface area contributed by atoms with Gasteiger partial charge in [-0.05, 0) is 35.1 Å². The first-order valence-corrected chi connectivity index (χ1v) is 11.6. The molecule has 0 aromatic heterocycles. The number of aliphatic carboxylic acids is 1. The van der Waals surface area contributed by atoms with Gasteiger partial charge in [-0.1, -0.05) is 55.0 Å². The molecule has 2 N–H and O–H groups in total. The number of hydrogen-bond donors (Lipinski definition) is 2. The molecular weight excluding hydrogens is 432 g/mol. The first kappa shape index (κ1) is 23.4. The third-order valence-electron chi connectivity index (χ3n) is 6.53. The molecule has 2 aliphatic rings. The fourth-order valence-corrected chi connectivity index (χ4v) is 4.86. The lowest BCUT2D eigenvalue weighted by atomic mass is 9.98. The molecule has 0 spiro atoms. The Morgan fingerprint density at radius 2 is 1.74 bits per heavy atom. The summed E-state index contributed by atoms with van der Waals surface area (Å²) in [4.78, 5) is 38.7. The number of likely N-dealkylation sites (tertiary alicyclic amines) is 1. The highest BCUT2D eigenvalue weighted by Crippen LogP contribution is 2.44. The maximum absolute atomic E-state index is 13.1. The number of alkyl carbamates (subject to hydrolysis) is 1. The van der Waals surface area contributed by atoms with Crippen LogP contribution in [0.15, 0.2) is 48.5 Å². The molecule has 0 saturated carbocycles. The van der Waals surface area contributed by atoms with Gasteiger partial charge in [0.1, 0.15) is 12.6 Å². The molecule has 2 aromatic rings. The topological polar surface area (TPSA) is 95.9 Å². The fraction of sp³-hybridized carbons (Fsp3) is 0.370. The average molecular weight is 461 g/mol. The Hall–Kier alpha value is -3.79. The number of carbonyl (C=O) groups excluding carboxylic acids is 2. The largest absolute Gasteiger partial charge is 0.481 e. The van der Waals surface area contributed by atoms with Crippen LogP contribution < -0.4 is 5.32 Å². The molecule has 0 radical (unpaired) electrons. The number of hydrogen-bond acceptors (Lipinski definition) is 4. The minimum absolute atomic E-state index is 0.0774. The summed E-state index contributed by atoms with van der Waals surface area (Å²) in [6.07, 6.45) is 6.74. The number of carboxylic acids is 1. The quantitative estimate of drug-likeness (QED) is 0.642. The van der Waals surface area contributed by atoms with Crippen molar-refractivity contribution >= 4 is 18.0 Å². The Balaban J connectivity index is 1.43. The molecule has 1 fully saturated rings. The van der Waals surface area contributed by atoms with Gasteiger partial charge < -0.3 is 20.1 Å². The first-order chi connectivity index (χ1) is 16.5. The van der Waals surface area contributed by atoms with E-state index in [1.165, 1.54) is 0 Å². The van der Waals surface area contributed by atoms with E-state index in [1.807, 2.05) is 48.5 Å². The minimum atomic E-state index is -1.22. The van der Waals surface area contributed by atoms with Crippen LogP contribution in [0.25, 0.3) is 11.1 Å². The predicted octanol–water partition coefficient (Wildman–Crippen LogP) is 3.63. The Bertz CT molecular complexity index is 1080. The van der Waals surface area contributed by atoms with E-state index in [9.17, 15) is 19.5 Å². The number of nitrogens with one attached hydrogen (secondary N) is 1. The van der Waals surface area contributed by atoms with Gasteiger partial charge in [-0.15, -0.1) is 12.3 Å². The number of amides is 2. The van der Waals surface area contributed by atoms with Crippen molar-refractivity contribution in [1.29, 1.82) is 0 Å². The van der Waals surface area contributed by atoms with E-state index in [0.717, 1.165) is 41.5 Å². The second-order valence-electron chi connectivity index (χ2n) is 8.76. The molecule has 1 aliphatic carbocycles. The molecule has 2 unspecified atom stereocenters. The summed E-state index contributed by atoms with van der Waals surface area (Å²) in [5.74, 6) is 0.860. The molecule has 7 heteroatoms. The predicted molar refractivity (Wildman–Crippen MR) is 127 cm³/mol. The summed E-state index contributed by atoms with van der Waals surface area (Å²) < 4.78 is 5.51. The molecule has 176 valence electrons. The number of terminal acetylenes is 1. The third-order valence-corrected chi connectivity index (χ3v) is 6.53. The Kier molecular flexibility index (Phi) is 7.17. The molecule has 34 heavy (non-hydrogen) atoms. The van der Waals surface area contributed by atoms with Gasteiger partial charge in [-0.25, -0.2) is 4.79 Å². The Morgan fingerprint density at radius 3 is 2.35 bits per heavy atom. The highest BCUT2D eigenvalue weighted by Gasteiger charge is 2.32. The van der Waals surface area contributed by atoms with Crippen molar-refractivity contribution in [3.05, 3.63) is 59.7 Å². The molecule has 2 aromatic carbocycles. The maximum atomic E-state index is 13.1. The molecule has 4 rings (SSSR count). The maximum Gasteiger partial charge on any atom is 0.407 e. The number of nitrogens with zero attached hydrogens (tertiary/aromatic N) is 1. The smallest absolute Gasteiger partial charge is 0.407 e. The van der Waals surface area contributed by atoms with Crippen LogP contribution in [0.3, 0.4) is 0 Å². The summed E-state index contributed by atoms with van der Waals surface area (Å²) in [5, 5.41) is 11.8. The van der Waals surface area contributed by atoms with Gasteiger partial charge in [0, 0.05) is 24.9 Å². The number of benzene rings is 2. The summed E-state index contributed by atoms with van der Waals surface area (Å²) in [6.45, 7) is 0.925. The van der Waals surface area contributed by atoms with Crippen LogP contribution in [0.1, 0.15) is 42.7 Å². The summed E-state index contributed by atoms with van der Waals surface area (Å²) in [6, 6.07) is 14.7. The number of fused-ring (bicyclic) bond motifs is 3. The van der Waals surface area contributed by atoms with E-state index >= 15 is 0 Å². The summed E-state index contributed by atoms with van der Waals surface area (Å²) in [7, 11) is 0. The fourth-order valence-electron chi connectivity index (χ4n) is 4.86. The van der Waals surface area contributed by atoms with E-state index < -0.39 is 30.4 Å². The van der Waals surface area contributed by atoms with E-state index in [2.05, 4.69) is 11.2 Å². The van der Waals surface area contributed by atoms with Crippen LogP contribution >= 0.6 is 0 Å². The lowest BCUT2D eigenvalue weighted by Gasteiger charge is -2.27. The second-order valence-corrected chi connectivity index (χ2v) is 8.76. The lowest BCUT2D eigenvalue weighted by Crippen LogP contribution is -2.50. The SMILES string of the molecule is C#CC1CCCCN(C(=O)C(CC(=O)O)NC(=O)OCC2c3ccccc3-c3ccccc32)C1. The van der Waals surface area contributed by atoms with Gasteiger partial charge >= 0.3 is 12.1 Å². The van der Waals surface area contributed by atoms with Gasteiger partial charge in [0.2, 0.25) is 5.91 Å². The summed E-state index contributed by atoms with van der Waals surface area (Å²) in [5.41, 5.74) is 4.35. The van der Waals surface area contributed by atoms with E-state index in [4.69, 9.17) is 11.2 Å². The first-order valence-electron chi connectivity index (χ1n) is 11.6. The molecule has 1 aliphatic heterocycles. The van der Waals surface area contributed by atoms with Crippen LogP contribution in [0.5, 0.6) is 0 Å². The highest BCUT2D eigenvalue weighted by atomic mass is 16.5. The standard InChI is InChI=1S/C27H28N2O5/c1-2-18-9-7-8-14-29(16-18)26(32)24(15-25(30)31)28-27(33)34-17-23-21-12-5-3-10-19(21)20-11-4-6-13-22(20)23/h1,3-6,10-13,18,23-24H,7-9,14-17H2,(H,28,33)(H,30,31). The molecule has 2 atom stereocenters. The normalized spacial score (nSPS) is 18.1. The van der Waals surface area contributed by atoms with Crippen molar-refractivity contribution in [3.8, 4) is 23.5 Å². The van der Waals surface area contributed by atoms with Crippen molar-refractivity contribution in [3.63, 3.8) is 0 Å². The lowest BCUT2D eigenvalue weighted by molar-refractivity contribution is -0.142. The van der Waals surface area contributed by atoms with Crippen molar-refractivity contribution in [1.82, 2.24) is 10.2 Å². The van der Waals surface area contributed by atoms with Crippen LogP contribution in [0, 0.1) is 18.3 Å². The van der Waals surface area contributed by atoms with Gasteiger partial charge in [-0.3, -0.25) is 9.59 Å². The van der Waals surface area contributed by atoms with Crippen LogP contribution in [0.4, 0.5) is 4.79 Å².